The van der Waals surface area contributed by atoms with E-state index >= 15 is 0 Å². The Labute approximate surface area is 400 Å². The quantitative estimate of drug-likeness (QED) is 0.107. The molecule has 0 bridgehead atoms. The molecule has 6 heteroatoms. The summed E-state index contributed by atoms with van der Waals surface area (Å²) in [5, 5.41) is 4.54. The Morgan fingerprint density at radius 1 is 0.646 bits per heavy atom. The second-order valence-corrected chi connectivity index (χ2v) is 29.7. The van der Waals surface area contributed by atoms with Gasteiger partial charge in [0.1, 0.15) is 5.58 Å². The minimum absolute atomic E-state index is 0. The van der Waals surface area contributed by atoms with Crippen LogP contribution in [0.25, 0.3) is 83.2 Å². The first-order valence-electron chi connectivity index (χ1n) is 22.8. The minimum Gasteiger partial charge on any atom is -0.501 e. The number of imidazole rings is 1. The molecule has 0 aliphatic rings. The van der Waals surface area contributed by atoms with E-state index < -0.39 is 13.3 Å². The van der Waals surface area contributed by atoms with Crippen molar-refractivity contribution in [3.05, 3.63) is 181 Å². The molecule has 0 N–H and O–H groups in total. The van der Waals surface area contributed by atoms with E-state index in [-0.39, 0.29) is 20.1 Å². The van der Waals surface area contributed by atoms with Gasteiger partial charge in [0.25, 0.3) is 0 Å². The molecule has 0 fully saturated rings. The van der Waals surface area contributed by atoms with Gasteiger partial charge in [-0.15, -0.1) is 18.2 Å². The molecule has 0 saturated heterocycles. The van der Waals surface area contributed by atoms with E-state index in [1.54, 1.807) is 4.40 Å². The van der Waals surface area contributed by atoms with Crippen LogP contribution in [0.2, 0.25) is 17.3 Å². The van der Waals surface area contributed by atoms with Crippen LogP contribution in [0.4, 0.5) is 0 Å². The second-order valence-electron chi connectivity index (χ2n) is 19.1. The number of rotatable bonds is 9. The number of aromatic nitrogens is 3. The Morgan fingerprint density at radius 2 is 1.37 bits per heavy atom. The average molecular weight is 1090 g/mol. The van der Waals surface area contributed by atoms with Gasteiger partial charge in [-0.25, -0.2) is 0 Å². The molecule has 0 saturated carbocycles. The third-order valence-corrected chi connectivity index (χ3v) is 16.6. The van der Waals surface area contributed by atoms with Crippen LogP contribution in [0.5, 0.6) is 0 Å². The van der Waals surface area contributed by atoms with Crippen LogP contribution in [-0.2, 0) is 26.5 Å². The summed E-state index contributed by atoms with van der Waals surface area (Å²) < 4.78 is 10.7. The van der Waals surface area contributed by atoms with E-state index in [1.165, 1.54) is 38.7 Å². The Kier molecular flexibility index (Phi) is 13.5. The topological polar surface area (TPSA) is 43.9 Å². The van der Waals surface area contributed by atoms with Crippen LogP contribution in [-0.4, -0.2) is 27.8 Å². The molecule has 10 rings (SSSR count). The summed E-state index contributed by atoms with van der Waals surface area (Å²) in [5.41, 5.74) is 14.4. The fourth-order valence-electron chi connectivity index (χ4n) is 9.19. The molecule has 3 heterocycles. The Morgan fingerprint density at radius 3 is 2.06 bits per heavy atom. The number of furan rings is 1. The number of hydrogen-bond donors (Lipinski definition) is 0. The van der Waals surface area contributed by atoms with Crippen molar-refractivity contribution in [2.75, 3.05) is 0 Å². The van der Waals surface area contributed by atoms with Gasteiger partial charge in [-0.05, 0) is 51.6 Å². The van der Waals surface area contributed by atoms with Gasteiger partial charge in [-0.1, -0.05) is 130 Å². The average Bonchev–Trinajstić information content (AvgIpc) is 3.88. The monoisotopic (exact) mass is 1090 g/mol. The zero-order valence-electron chi connectivity index (χ0n) is 39.0. The molecule has 10 aromatic rings. The Balaban J connectivity index is 0.000000232. The maximum absolute atomic E-state index is 6.75. The largest absolute Gasteiger partial charge is 0.501 e. The van der Waals surface area contributed by atoms with E-state index in [9.17, 15) is 0 Å². The Bertz CT molecular complexity index is 3240. The summed E-state index contributed by atoms with van der Waals surface area (Å²) in [6.07, 6.45) is 3.27. The van der Waals surface area contributed by atoms with Crippen molar-refractivity contribution in [1.82, 2.24) is 14.5 Å². The van der Waals surface area contributed by atoms with Crippen molar-refractivity contribution in [3.8, 4) is 39.5 Å². The van der Waals surface area contributed by atoms with Gasteiger partial charge >= 0.3 is 126 Å². The van der Waals surface area contributed by atoms with Crippen LogP contribution < -0.4 is 4.40 Å². The predicted molar refractivity (Wildman–Crippen MR) is 274 cm³/mol. The fraction of sp³-hybridized carbons (Fsp3) is 0.220. The van der Waals surface area contributed by atoms with Crippen molar-refractivity contribution in [1.29, 1.82) is 0 Å². The summed E-state index contributed by atoms with van der Waals surface area (Å²) in [6.45, 7) is 13.7. The number of hydrogen-bond acceptors (Lipinski definition) is 3. The van der Waals surface area contributed by atoms with Gasteiger partial charge in [-0.2, -0.15) is 0 Å². The third kappa shape index (κ3) is 9.17. The van der Waals surface area contributed by atoms with Gasteiger partial charge in [0.15, 0.2) is 0 Å². The van der Waals surface area contributed by atoms with Gasteiger partial charge < -0.3 is 8.98 Å². The molecule has 329 valence electrons. The second kappa shape index (κ2) is 19.1. The molecule has 4 nitrogen and oxygen atoms in total. The van der Waals surface area contributed by atoms with Crippen LogP contribution >= 0.6 is 0 Å². The first kappa shape index (κ1) is 46.0. The van der Waals surface area contributed by atoms with Gasteiger partial charge in [-0.3, -0.25) is 4.98 Å². The molecule has 0 spiro atoms. The number of pyridine rings is 1. The normalized spacial score (nSPS) is 11.8. The summed E-state index contributed by atoms with van der Waals surface area (Å²) in [5.74, 6) is 9.49. The molecule has 65 heavy (non-hydrogen) atoms. The maximum Gasteiger partial charge on any atom is 0.121 e. The zero-order valence-corrected chi connectivity index (χ0v) is 43.4. The SMILES string of the molecule is CC(C)Cc1cc(-c2[c-]cccc2)nc[c]1[Ge]([CH3])([CH3])[CH3].CC(C)c1cccc(C(C)C)c1-n1c(-c2[c-]ccc3c2oc2cc(-c4ccccc4)ccc23)nc2ccc3ccccc3c21.[Ir]. The van der Waals surface area contributed by atoms with Crippen molar-refractivity contribution in [2.45, 2.75) is 77.1 Å². The summed E-state index contributed by atoms with van der Waals surface area (Å²) in [7, 11) is 0. The first-order chi connectivity index (χ1) is 30.9. The molecule has 1 radical (unpaired) electrons. The zero-order chi connectivity index (χ0) is 44.7. The Hall–Kier alpha value is -5.59. The van der Waals surface area contributed by atoms with E-state index in [2.05, 4.69) is 197 Å². The number of nitrogens with zero attached hydrogens (tertiary/aromatic N) is 3. The molecule has 0 aliphatic heterocycles. The smallest absolute Gasteiger partial charge is 0.121 e. The summed E-state index contributed by atoms with van der Waals surface area (Å²) >= 11 is -1.86. The van der Waals surface area contributed by atoms with Gasteiger partial charge in [0.05, 0.1) is 22.4 Å². The van der Waals surface area contributed by atoms with Crippen molar-refractivity contribution in [2.24, 2.45) is 5.92 Å². The molecule has 0 aliphatic carbocycles. The van der Waals surface area contributed by atoms with Crippen molar-refractivity contribution >= 4 is 61.4 Å². The van der Waals surface area contributed by atoms with Gasteiger partial charge in [0.2, 0.25) is 0 Å². The van der Waals surface area contributed by atoms with Crippen molar-refractivity contribution < 1.29 is 24.5 Å². The third-order valence-electron chi connectivity index (χ3n) is 12.3. The fourth-order valence-corrected chi connectivity index (χ4v) is 12.5. The van der Waals surface area contributed by atoms with Crippen molar-refractivity contribution in [3.63, 3.8) is 0 Å². The predicted octanol–water partition coefficient (Wildman–Crippen LogP) is 15.7. The van der Waals surface area contributed by atoms with E-state index in [0.717, 1.165) is 67.6 Å². The van der Waals surface area contributed by atoms with Crippen LogP contribution in [0.1, 0.15) is 70.1 Å². The van der Waals surface area contributed by atoms with E-state index in [1.807, 2.05) is 30.3 Å². The molecule has 0 unspecified atom stereocenters. The number of benzene rings is 7. The van der Waals surface area contributed by atoms with Gasteiger partial charge in [0, 0.05) is 36.6 Å². The van der Waals surface area contributed by atoms with Crippen LogP contribution in [0.15, 0.2) is 156 Å². The van der Waals surface area contributed by atoms with E-state index in [4.69, 9.17) is 14.4 Å². The van der Waals surface area contributed by atoms with Crippen LogP contribution in [0, 0.1) is 18.1 Å². The first-order valence-corrected chi connectivity index (χ1v) is 30.1. The molecular formula is C59H57GeIrN3O-2. The standard InChI is InChI=1S/C41H33N2O.C18H24GeN.Ir/c1-25(2)30-16-10-17-31(26(3)4)38(30)43-39-32-15-9-8-14-28(32)21-23-36(39)42-41(43)35-19-11-18-34-33-22-20-29(24-37(33)44-40(34)35)27-12-6-5-7-13-27;1-14(2)11-16-12-18(15-9-7-6-8-10-15)20-13-17(16)19(3,4)5;/h5-18,20-26H,1-4H3;6-9,12-14H,11H2,1-5H3;/q2*-1;. The molecule has 7 aromatic carbocycles. The minimum atomic E-state index is -1.86. The molecular weight excluding hydrogens is 1030 g/mol. The maximum atomic E-state index is 6.75. The summed E-state index contributed by atoms with van der Waals surface area (Å²) in [6, 6.07) is 58.0. The summed E-state index contributed by atoms with van der Waals surface area (Å²) in [4.78, 5) is 10.1. The number of para-hydroxylation sites is 1. The molecule has 3 aromatic heterocycles. The van der Waals surface area contributed by atoms with E-state index in [0.29, 0.717) is 17.8 Å². The molecule has 0 atom stereocenters. The van der Waals surface area contributed by atoms with Crippen LogP contribution in [0.3, 0.4) is 0 Å². The molecule has 0 amide bonds. The number of fused-ring (bicyclic) bond motifs is 6.